The standard InChI is InChI=1S/C19H19N3O2S/c1-12-4-7-15(8-5-12)18-21-22-19(24-18)25-11-17(23)20-16-9-6-13(2)14(3)10-16/h4-10H,11H2,1-3H3,(H,20,23). The molecule has 1 heterocycles. The first-order valence-electron chi connectivity index (χ1n) is 7.92. The summed E-state index contributed by atoms with van der Waals surface area (Å²) in [6, 6.07) is 13.7. The van der Waals surface area contributed by atoms with Crippen LogP contribution in [0.5, 0.6) is 0 Å². The third-order valence-electron chi connectivity index (χ3n) is 3.82. The Kier molecular flexibility index (Phi) is 5.19. The van der Waals surface area contributed by atoms with Crippen LogP contribution >= 0.6 is 11.8 Å². The Hall–Kier alpha value is -2.60. The molecule has 3 rings (SSSR count). The Morgan fingerprint density at radius 3 is 2.52 bits per heavy atom. The zero-order valence-electron chi connectivity index (χ0n) is 14.4. The minimum atomic E-state index is -0.108. The Balaban J connectivity index is 1.57. The zero-order chi connectivity index (χ0) is 17.8. The maximum absolute atomic E-state index is 12.1. The summed E-state index contributed by atoms with van der Waals surface area (Å²) in [6.07, 6.45) is 0. The third kappa shape index (κ3) is 4.48. The number of nitrogens with zero attached hydrogens (tertiary/aromatic N) is 2. The smallest absolute Gasteiger partial charge is 0.277 e. The monoisotopic (exact) mass is 353 g/mol. The number of aromatic nitrogens is 2. The molecule has 6 heteroatoms. The van der Waals surface area contributed by atoms with Gasteiger partial charge in [0.1, 0.15) is 0 Å². The number of hydrogen-bond donors (Lipinski definition) is 1. The molecule has 0 saturated carbocycles. The molecule has 5 nitrogen and oxygen atoms in total. The van der Waals surface area contributed by atoms with Crippen molar-refractivity contribution in [3.8, 4) is 11.5 Å². The molecule has 1 N–H and O–H groups in total. The van der Waals surface area contributed by atoms with Crippen molar-refractivity contribution in [1.82, 2.24) is 10.2 Å². The minimum Gasteiger partial charge on any atom is -0.411 e. The van der Waals surface area contributed by atoms with Gasteiger partial charge in [0.25, 0.3) is 5.22 Å². The highest BCUT2D eigenvalue weighted by Crippen LogP contribution is 2.23. The first-order valence-corrected chi connectivity index (χ1v) is 8.90. The molecule has 1 amide bonds. The normalized spacial score (nSPS) is 10.7. The van der Waals surface area contributed by atoms with Crippen LogP contribution < -0.4 is 5.32 Å². The molecule has 0 fully saturated rings. The van der Waals surface area contributed by atoms with Crippen LogP contribution in [0, 0.1) is 20.8 Å². The molecular formula is C19H19N3O2S. The molecule has 0 aliphatic carbocycles. The van der Waals surface area contributed by atoms with Gasteiger partial charge < -0.3 is 9.73 Å². The van der Waals surface area contributed by atoms with Gasteiger partial charge in [-0.2, -0.15) is 0 Å². The van der Waals surface area contributed by atoms with Gasteiger partial charge in [-0.25, -0.2) is 0 Å². The van der Waals surface area contributed by atoms with Gasteiger partial charge in [0, 0.05) is 11.3 Å². The summed E-state index contributed by atoms with van der Waals surface area (Å²) in [7, 11) is 0. The van der Waals surface area contributed by atoms with E-state index in [0.29, 0.717) is 11.1 Å². The number of rotatable bonds is 5. The van der Waals surface area contributed by atoms with Gasteiger partial charge in [-0.1, -0.05) is 35.5 Å². The van der Waals surface area contributed by atoms with Crippen molar-refractivity contribution in [2.24, 2.45) is 0 Å². The average Bonchev–Trinajstić information content (AvgIpc) is 3.06. The van der Waals surface area contributed by atoms with Crippen LogP contribution in [0.15, 0.2) is 52.1 Å². The maximum Gasteiger partial charge on any atom is 0.277 e. The van der Waals surface area contributed by atoms with E-state index < -0.39 is 0 Å². The number of aryl methyl sites for hydroxylation is 3. The number of carbonyl (C=O) groups excluding carboxylic acids is 1. The van der Waals surface area contributed by atoms with Crippen LogP contribution in [0.2, 0.25) is 0 Å². The Bertz CT molecular complexity index is 888. The average molecular weight is 353 g/mol. The molecule has 0 atom stereocenters. The topological polar surface area (TPSA) is 68.0 Å². The van der Waals surface area contributed by atoms with Crippen molar-refractivity contribution in [1.29, 1.82) is 0 Å². The zero-order valence-corrected chi connectivity index (χ0v) is 15.2. The van der Waals surface area contributed by atoms with Crippen molar-refractivity contribution in [3.63, 3.8) is 0 Å². The lowest BCUT2D eigenvalue weighted by Crippen LogP contribution is -2.14. The van der Waals surface area contributed by atoms with Crippen LogP contribution in [-0.2, 0) is 4.79 Å². The largest absolute Gasteiger partial charge is 0.411 e. The summed E-state index contributed by atoms with van der Waals surface area (Å²) < 4.78 is 5.61. The SMILES string of the molecule is Cc1ccc(-c2nnc(SCC(=O)Nc3ccc(C)c(C)c3)o2)cc1. The Morgan fingerprint density at radius 1 is 1.04 bits per heavy atom. The molecule has 128 valence electrons. The van der Waals surface area contributed by atoms with E-state index in [-0.39, 0.29) is 11.7 Å². The van der Waals surface area contributed by atoms with Gasteiger partial charge in [0.15, 0.2) is 0 Å². The highest BCUT2D eigenvalue weighted by atomic mass is 32.2. The molecule has 0 unspecified atom stereocenters. The summed E-state index contributed by atoms with van der Waals surface area (Å²) >= 11 is 1.22. The van der Waals surface area contributed by atoms with Crippen LogP contribution in [0.3, 0.4) is 0 Å². The van der Waals surface area contributed by atoms with E-state index in [1.54, 1.807) is 0 Å². The number of nitrogens with one attached hydrogen (secondary N) is 1. The Morgan fingerprint density at radius 2 is 1.80 bits per heavy atom. The molecule has 0 radical (unpaired) electrons. The van der Waals surface area contributed by atoms with Crippen molar-refractivity contribution in [2.75, 3.05) is 11.1 Å². The lowest BCUT2D eigenvalue weighted by molar-refractivity contribution is -0.113. The van der Waals surface area contributed by atoms with Gasteiger partial charge >= 0.3 is 0 Å². The fourth-order valence-corrected chi connectivity index (χ4v) is 2.79. The van der Waals surface area contributed by atoms with Crippen molar-refractivity contribution in [2.45, 2.75) is 26.0 Å². The number of thioether (sulfide) groups is 1. The van der Waals surface area contributed by atoms with E-state index in [1.165, 1.54) is 22.9 Å². The molecule has 0 bridgehead atoms. The first-order chi connectivity index (χ1) is 12.0. The number of anilines is 1. The van der Waals surface area contributed by atoms with Gasteiger partial charge in [0.05, 0.1) is 5.75 Å². The summed E-state index contributed by atoms with van der Waals surface area (Å²) in [5.74, 6) is 0.558. The predicted octanol–water partition coefficient (Wildman–Crippen LogP) is 4.39. The minimum absolute atomic E-state index is 0.108. The molecule has 0 aliphatic rings. The van der Waals surface area contributed by atoms with E-state index in [4.69, 9.17) is 4.42 Å². The lowest BCUT2D eigenvalue weighted by atomic mass is 10.1. The fourth-order valence-electron chi connectivity index (χ4n) is 2.22. The van der Waals surface area contributed by atoms with Gasteiger partial charge in [-0.05, 0) is 56.2 Å². The third-order valence-corrected chi connectivity index (χ3v) is 4.64. The van der Waals surface area contributed by atoms with Crippen molar-refractivity contribution >= 4 is 23.4 Å². The molecule has 3 aromatic rings. The summed E-state index contributed by atoms with van der Waals surface area (Å²) in [5, 5.41) is 11.3. The highest BCUT2D eigenvalue weighted by molar-refractivity contribution is 7.99. The quantitative estimate of drug-likeness (QED) is 0.689. The molecule has 0 aliphatic heterocycles. The summed E-state index contributed by atoms with van der Waals surface area (Å²) in [5.41, 5.74) is 5.16. The molecule has 1 aromatic heterocycles. The second kappa shape index (κ2) is 7.53. The second-order valence-corrected chi connectivity index (χ2v) is 6.80. The van der Waals surface area contributed by atoms with E-state index in [1.807, 2.05) is 63.2 Å². The van der Waals surface area contributed by atoms with Crippen LogP contribution in [0.4, 0.5) is 5.69 Å². The molecule has 25 heavy (non-hydrogen) atoms. The van der Waals surface area contributed by atoms with Crippen LogP contribution in [-0.4, -0.2) is 21.9 Å². The number of amides is 1. The first kappa shape index (κ1) is 17.2. The molecule has 2 aromatic carbocycles. The molecular weight excluding hydrogens is 334 g/mol. The van der Waals surface area contributed by atoms with Crippen LogP contribution in [0.1, 0.15) is 16.7 Å². The predicted molar refractivity (Wildman–Crippen MR) is 99.7 cm³/mol. The number of benzene rings is 2. The summed E-state index contributed by atoms with van der Waals surface area (Å²) in [4.78, 5) is 12.1. The Labute approximate surface area is 150 Å². The van der Waals surface area contributed by atoms with Gasteiger partial charge in [0.2, 0.25) is 11.8 Å². The molecule has 0 saturated heterocycles. The van der Waals surface area contributed by atoms with E-state index in [9.17, 15) is 4.79 Å². The van der Waals surface area contributed by atoms with E-state index in [0.717, 1.165) is 16.8 Å². The van der Waals surface area contributed by atoms with Gasteiger partial charge in [-0.3, -0.25) is 4.79 Å². The van der Waals surface area contributed by atoms with E-state index in [2.05, 4.69) is 15.5 Å². The highest BCUT2D eigenvalue weighted by Gasteiger charge is 2.11. The van der Waals surface area contributed by atoms with Crippen molar-refractivity contribution in [3.05, 3.63) is 59.2 Å². The van der Waals surface area contributed by atoms with Gasteiger partial charge in [-0.15, -0.1) is 10.2 Å². The summed E-state index contributed by atoms with van der Waals surface area (Å²) in [6.45, 7) is 6.08. The fraction of sp³-hybridized carbons (Fsp3) is 0.211. The number of carbonyl (C=O) groups is 1. The van der Waals surface area contributed by atoms with E-state index >= 15 is 0 Å². The van der Waals surface area contributed by atoms with Crippen LogP contribution in [0.25, 0.3) is 11.5 Å². The second-order valence-electron chi connectivity index (χ2n) is 5.88. The lowest BCUT2D eigenvalue weighted by Gasteiger charge is -2.06. The maximum atomic E-state index is 12.1. The molecule has 0 spiro atoms. The van der Waals surface area contributed by atoms with Crippen molar-refractivity contribution < 1.29 is 9.21 Å². The number of hydrogen-bond acceptors (Lipinski definition) is 5.